The number of hydrogen-bond donors (Lipinski definition) is 0. The predicted molar refractivity (Wildman–Crippen MR) is 42.1 cm³/mol. The van der Waals surface area contributed by atoms with Gasteiger partial charge in [-0.25, -0.2) is 0 Å². The fourth-order valence-corrected chi connectivity index (χ4v) is 1.00. The van der Waals surface area contributed by atoms with Crippen LogP contribution in [0, 0.1) is 6.92 Å². The molecule has 0 aliphatic rings. The molecule has 1 heteroatoms. The van der Waals surface area contributed by atoms with Gasteiger partial charge in [0.15, 0.2) is 0 Å². The molecule has 0 radical (unpaired) electrons. The lowest BCUT2D eigenvalue weighted by atomic mass is 9.91. The second-order valence-electron chi connectivity index (χ2n) is 3.53. The zero-order valence-corrected chi connectivity index (χ0v) is 6.91. The Hall–Kier alpha value is -0.720. The van der Waals surface area contributed by atoms with E-state index >= 15 is 0 Å². The van der Waals surface area contributed by atoms with Crippen molar-refractivity contribution >= 4 is 0 Å². The van der Waals surface area contributed by atoms with Crippen molar-refractivity contribution in [2.75, 3.05) is 0 Å². The van der Waals surface area contributed by atoms with E-state index in [4.69, 9.17) is 7.16 Å². The van der Waals surface area contributed by atoms with Crippen molar-refractivity contribution in [1.29, 1.82) is 0 Å². The van der Waals surface area contributed by atoms with Gasteiger partial charge in [-0.2, -0.15) is 0 Å². The van der Waals surface area contributed by atoms with Crippen molar-refractivity contribution < 1.29 is 7.16 Å². The molecule has 0 fully saturated rings. The maximum atomic E-state index is 7.46. The molecule has 56 valence electrons. The van der Waals surface area contributed by atoms with Gasteiger partial charge in [0, 0.05) is 5.41 Å². The van der Waals surface area contributed by atoms with Gasteiger partial charge in [-0.15, -0.1) is 0 Å². The first-order valence-electron chi connectivity index (χ1n) is 4.41. The van der Waals surface area contributed by atoms with E-state index in [0.29, 0.717) is 0 Å². The van der Waals surface area contributed by atoms with Gasteiger partial charge in [0.05, 0.1) is 7.61 Å². The second-order valence-corrected chi connectivity index (χ2v) is 3.53. The Kier molecular flexibility index (Phi) is 1.08. The number of hydrogen-bond acceptors (Lipinski definition) is 1. The number of furan rings is 1. The number of rotatable bonds is 0. The predicted octanol–water partition coefficient (Wildman–Crippen LogP) is 2.89. The van der Waals surface area contributed by atoms with Gasteiger partial charge < -0.3 is 4.42 Å². The molecule has 1 aromatic rings. The minimum Gasteiger partial charge on any atom is -0.469 e. The monoisotopic (exact) mass is 140 g/mol. The summed E-state index contributed by atoms with van der Waals surface area (Å²) < 4.78 is 20.0. The van der Waals surface area contributed by atoms with E-state index in [-0.39, 0.29) is 17.7 Å². The minimum atomic E-state index is -0.112. The van der Waals surface area contributed by atoms with E-state index < -0.39 is 0 Å². The highest BCUT2D eigenvalue weighted by atomic mass is 16.3. The van der Waals surface area contributed by atoms with E-state index in [1.54, 1.807) is 0 Å². The highest BCUT2D eigenvalue weighted by Crippen LogP contribution is 2.25. The van der Waals surface area contributed by atoms with Crippen LogP contribution in [0.4, 0.5) is 0 Å². The maximum absolute atomic E-state index is 7.46. The molecule has 1 heterocycles. The summed E-state index contributed by atoms with van der Waals surface area (Å²) in [6, 6.07) is 0.208. The van der Waals surface area contributed by atoms with Gasteiger partial charge in [-0.1, -0.05) is 20.8 Å². The summed E-state index contributed by atoms with van der Waals surface area (Å²) >= 11 is 0. The maximum Gasteiger partial charge on any atom is 0.111 e. The molecule has 10 heavy (non-hydrogen) atoms. The molecule has 0 N–H and O–H groups in total. The topological polar surface area (TPSA) is 13.1 Å². The van der Waals surface area contributed by atoms with Crippen LogP contribution < -0.4 is 0 Å². The Bertz CT molecular complexity index is 294. The molecule has 0 spiro atoms. The summed E-state index contributed by atoms with van der Waals surface area (Å²) in [6.45, 7) is 7.86. The third kappa shape index (κ3) is 1.23. The van der Waals surface area contributed by atoms with Crippen molar-refractivity contribution in [3.63, 3.8) is 0 Å². The van der Waals surface area contributed by atoms with E-state index in [9.17, 15) is 0 Å². The third-order valence-corrected chi connectivity index (χ3v) is 1.41. The minimum absolute atomic E-state index is 0.0302. The lowest BCUT2D eigenvalue weighted by Gasteiger charge is -2.15. The first kappa shape index (κ1) is 5.00. The van der Waals surface area contributed by atoms with Crippen LogP contribution in [-0.4, -0.2) is 0 Å². The largest absolute Gasteiger partial charge is 0.469 e. The average molecular weight is 140 g/mol. The zero-order chi connectivity index (χ0) is 9.52. The van der Waals surface area contributed by atoms with Gasteiger partial charge in [0.1, 0.15) is 7.13 Å². The molecule has 1 rings (SSSR count). The molecule has 0 aliphatic carbocycles. The first-order chi connectivity index (χ1) is 5.34. The van der Waals surface area contributed by atoms with Crippen LogP contribution in [0.1, 0.15) is 34.8 Å². The molecule has 1 aromatic heterocycles. The van der Waals surface area contributed by atoms with E-state index in [2.05, 4.69) is 0 Å². The summed E-state index contributed by atoms with van der Waals surface area (Å²) in [7, 11) is 0. The summed E-state index contributed by atoms with van der Waals surface area (Å²) in [5, 5.41) is 0. The highest BCUT2D eigenvalue weighted by molar-refractivity contribution is 5.21. The molecule has 0 aromatic carbocycles. The summed E-state index contributed by atoms with van der Waals surface area (Å²) in [4.78, 5) is 0. The molecular formula is C9H14O. The van der Waals surface area contributed by atoms with Crippen LogP contribution in [-0.2, 0) is 5.41 Å². The Morgan fingerprint density at radius 3 is 2.30 bits per heavy atom. The lowest BCUT2D eigenvalue weighted by molar-refractivity contribution is 0.406. The molecular weight excluding hydrogens is 124 g/mol. The molecule has 1 nitrogen and oxygen atoms in total. The van der Waals surface area contributed by atoms with E-state index in [1.807, 2.05) is 27.7 Å². The van der Waals surface area contributed by atoms with Crippen LogP contribution in [0.2, 0.25) is 0 Å². The van der Waals surface area contributed by atoms with Crippen molar-refractivity contribution in [2.24, 2.45) is 0 Å². The molecule has 0 saturated carbocycles. The van der Waals surface area contributed by atoms with Crippen LogP contribution in [0.15, 0.2) is 16.7 Å². The van der Waals surface area contributed by atoms with Gasteiger partial charge in [0.25, 0.3) is 0 Å². The van der Waals surface area contributed by atoms with Crippen LogP contribution >= 0.6 is 0 Å². The van der Waals surface area contributed by atoms with Crippen LogP contribution in [0.3, 0.4) is 0 Å². The smallest absolute Gasteiger partial charge is 0.111 e. The van der Waals surface area contributed by atoms with E-state index in [1.165, 1.54) is 0 Å². The van der Waals surface area contributed by atoms with Crippen LogP contribution in [0.25, 0.3) is 0 Å². The van der Waals surface area contributed by atoms with Gasteiger partial charge >= 0.3 is 0 Å². The summed E-state index contributed by atoms with van der Waals surface area (Å²) in [5.74, 6) is 0.748. The molecule has 0 amide bonds. The standard InChI is InChI=1S/C9H14O/c1-7-5-6-10-8(7)9(2,3)4/h5-6H,1-4H3/i5D,6D. The Balaban J connectivity index is 3.28. The normalized spacial score (nSPS) is 14.8. The second kappa shape index (κ2) is 2.15. The molecule has 0 atom stereocenters. The highest BCUT2D eigenvalue weighted by Gasteiger charge is 2.18. The molecule has 0 aliphatic heterocycles. The third-order valence-electron chi connectivity index (χ3n) is 1.41. The Morgan fingerprint density at radius 2 is 2.10 bits per heavy atom. The Labute approximate surface area is 64.9 Å². The van der Waals surface area contributed by atoms with Crippen molar-refractivity contribution in [1.82, 2.24) is 0 Å². The Morgan fingerprint density at radius 1 is 1.50 bits per heavy atom. The molecule has 0 saturated heterocycles. The van der Waals surface area contributed by atoms with Gasteiger partial charge in [-0.05, 0) is 18.5 Å². The zero-order valence-electron chi connectivity index (χ0n) is 8.91. The average Bonchev–Trinajstić information content (AvgIpc) is 2.15. The van der Waals surface area contributed by atoms with Crippen molar-refractivity contribution in [3.8, 4) is 0 Å². The van der Waals surface area contributed by atoms with Crippen LogP contribution in [0.5, 0.6) is 0 Å². The van der Waals surface area contributed by atoms with Crippen molar-refractivity contribution in [2.45, 2.75) is 33.1 Å². The quantitative estimate of drug-likeness (QED) is 0.540. The SMILES string of the molecule is [2H]c1oc(C(C)(C)C)c(C)c1[2H]. The van der Waals surface area contributed by atoms with Gasteiger partial charge in [0.2, 0.25) is 0 Å². The van der Waals surface area contributed by atoms with Gasteiger partial charge in [-0.3, -0.25) is 0 Å². The van der Waals surface area contributed by atoms with Crippen molar-refractivity contribution in [3.05, 3.63) is 23.6 Å². The fourth-order valence-electron chi connectivity index (χ4n) is 1.00. The van der Waals surface area contributed by atoms with E-state index in [0.717, 1.165) is 11.3 Å². The molecule has 0 bridgehead atoms. The first-order valence-corrected chi connectivity index (χ1v) is 3.41. The molecule has 0 unspecified atom stereocenters. The fraction of sp³-hybridized carbons (Fsp3) is 0.556. The summed E-state index contributed by atoms with van der Waals surface area (Å²) in [6.07, 6.45) is -0.0302. The summed E-state index contributed by atoms with van der Waals surface area (Å²) in [5.41, 5.74) is 0.673. The lowest BCUT2D eigenvalue weighted by Crippen LogP contribution is -2.10.